The van der Waals surface area contributed by atoms with Crippen LogP contribution < -0.4 is 0 Å². The molecule has 0 fully saturated rings. The van der Waals surface area contributed by atoms with Gasteiger partial charge in [0.25, 0.3) is 0 Å². The zero-order chi connectivity index (χ0) is 7.72. The summed E-state index contributed by atoms with van der Waals surface area (Å²) in [6.45, 7) is 1.98. The number of halogens is 2. The third-order valence-corrected chi connectivity index (χ3v) is 3.25. The summed E-state index contributed by atoms with van der Waals surface area (Å²) in [7, 11) is 0. The maximum atomic E-state index is 9.21. The Hall–Kier alpha value is 0.480. The van der Waals surface area contributed by atoms with Crippen LogP contribution in [0.15, 0.2) is 12.1 Å². The van der Waals surface area contributed by atoms with Gasteiger partial charge >= 0.3 is 0 Å². The summed E-state index contributed by atoms with van der Waals surface area (Å²) in [6, 6.07) is 3.75. The molecule has 1 aromatic carbocycles. The molecule has 1 nitrogen and oxygen atoms in total. The van der Waals surface area contributed by atoms with Crippen molar-refractivity contribution >= 4 is 45.2 Å². The van der Waals surface area contributed by atoms with Gasteiger partial charge in [0.05, 0.1) is 3.57 Å². The predicted octanol–water partition coefficient (Wildman–Crippen LogP) is 2.91. The average molecular weight is 360 g/mol. The van der Waals surface area contributed by atoms with E-state index >= 15 is 0 Å². The summed E-state index contributed by atoms with van der Waals surface area (Å²) in [4.78, 5) is 0. The van der Waals surface area contributed by atoms with E-state index in [0.29, 0.717) is 5.75 Å². The molecule has 1 aromatic rings. The van der Waals surface area contributed by atoms with Crippen LogP contribution in [0, 0.1) is 14.1 Å². The van der Waals surface area contributed by atoms with Crippen molar-refractivity contribution in [1.82, 2.24) is 0 Å². The van der Waals surface area contributed by atoms with E-state index in [-0.39, 0.29) is 0 Å². The number of phenols is 1. The molecule has 0 atom stereocenters. The molecule has 0 saturated carbocycles. The first-order valence-corrected chi connectivity index (χ1v) is 4.91. The summed E-state index contributed by atoms with van der Waals surface area (Å²) >= 11 is 4.36. The van der Waals surface area contributed by atoms with E-state index in [1.54, 1.807) is 6.07 Å². The maximum absolute atomic E-state index is 9.21. The highest BCUT2D eigenvalue weighted by Crippen LogP contribution is 2.24. The normalized spacial score (nSPS) is 9.90. The first-order valence-electron chi connectivity index (χ1n) is 2.76. The summed E-state index contributed by atoms with van der Waals surface area (Å²) in [5.41, 5.74) is 1.12. The third-order valence-electron chi connectivity index (χ3n) is 1.23. The van der Waals surface area contributed by atoms with Crippen molar-refractivity contribution < 1.29 is 5.11 Å². The van der Waals surface area contributed by atoms with Gasteiger partial charge in [-0.2, -0.15) is 0 Å². The van der Waals surface area contributed by atoms with Gasteiger partial charge in [0, 0.05) is 3.57 Å². The zero-order valence-corrected chi connectivity index (χ0v) is 9.67. The highest BCUT2D eigenvalue weighted by Gasteiger charge is 2.00. The minimum atomic E-state index is 0.374. The van der Waals surface area contributed by atoms with Crippen LogP contribution in [-0.4, -0.2) is 5.11 Å². The fourth-order valence-electron chi connectivity index (χ4n) is 0.642. The Kier molecular flexibility index (Phi) is 2.79. The van der Waals surface area contributed by atoms with Gasteiger partial charge in [0.1, 0.15) is 5.75 Å². The minimum Gasteiger partial charge on any atom is -0.507 e. The van der Waals surface area contributed by atoms with Gasteiger partial charge in [-0.3, -0.25) is 0 Å². The lowest BCUT2D eigenvalue weighted by Gasteiger charge is -2.00. The van der Waals surface area contributed by atoms with Crippen molar-refractivity contribution in [2.45, 2.75) is 6.92 Å². The summed E-state index contributed by atoms with van der Waals surface area (Å²) < 4.78 is 2.10. The molecule has 0 bridgehead atoms. The lowest BCUT2D eigenvalue weighted by molar-refractivity contribution is 0.471. The quantitative estimate of drug-likeness (QED) is 0.706. The van der Waals surface area contributed by atoms with Gasteiger partial charge in [-0.15, -0.1) is 0 Å². The Labute approximate surface area is 87.1 Å². The fourth-order valence-corrected chi connectivity index (χ4v) is 2.17. The lowest BCUT2D eigenvalue weighted by atomic mass is 10.2. The molecule has 0 aliphatic rings. The SMILES string of the molecule is Cc1cc(O)c(I)cc1I. The topological polar surface area (TPSA) is 20.2 Å². The van der Waals surface area contributed by atoms with Gasteiger partial charge in [0.15, 0.2) is 0 Å². The average Bonchev–Trinajstić information content (AvgIpc) is 1.84. The molecule has 0 radical (unpaired) electrons. The standard InChI is InChI=1S/C7H6I2O/c1-4-2-7(10)6(9)3-5(4)8/h2-3,10H,1H3. The summed E-state index contributed by atoms with van der Waals surface area (Å²) in [6.07, 6.45) is 0. The van der Waals surface area contributed by atoms with Crippen molar-refractivity contribution in [2.24, 2.45) is 0 Å². The van der Waals surface area contributed by atoms with Gasteiger partial charge in [-0.05, 0) is 69.8 Å². The minimum absolute atomic E-state index is 0.374. The van der Waals surface area contributed by atoms with Crippen LogP contribution in [-0.2, 0) is 0 Å². The largest absolute Gasteiger partial charge is 0.507 e. The Morgan fingerprint density at radius 1 is 1.20 bits per heavy atom. The number of hydrogen-bond donors (Lipinski definition) is 1. The monoisotopic (exact) mass is 360 g/mol. The number of rotatable bonds is 0. The van der Waals surface area contributed by atoms with Crippen molar-refractivity contribution in [3.63, 3.8) is 0 Å². The highest BCUT2D eigenvalue weighted by molar-refractivity contribution is 14.1. The van der Waals surface area contributed by atoms with Crippen LogP contribution in [0.4, 0.5) is 0 Å². The zero-order valence-electron chi connectivity index (χ0n) is 5.36. The smallest absolute Gasteiger partial charge is 0.129 e. The second kappa shape index (κ2) is 3.25. The Morgan fingerprint density at radius 3 is 2.30 bits per heavy atom. The third kappa shape index (κ3) is 1.75. The molecule has 0 heterocycles. The van der Waals surface area contributed by atoms with E-state index in [1.165, 1.54) is 3.57 Å². The molecule has 3 heteroatoms. The second-order valence-electron chi connectivity index (χ2n) is 2.05. The molecule has 54 valence electrons. The molecular weight excluding hydrogens is 354 g/mol. The van der Waals surface area contributed by atoms with E-state index in [4.69, 9.17) is 0 Å². The number of aromatic hydroxyl groups is 1. The van der Waals surface area contributed by atoms with E-state index < -0.39 is 0 Å². The summed E-state index contributed by atoms with van der Waals surface area (Å²) in [5.74, 6) is 0.374. The molecule has 1 rings (SSSR count). The van der Waals surface area contributed by atoms with E-state index in [9.17, 15) is 5.11 Å². The Bertz CT molecular complexity index is 208. The fraction of sp³-hybridized carbons (Fsp3) is 0.143. The number of phenolic OH excluding ortho intramolecular Hbond substituents is 1. The van der Waals surface area contributed by atoms with Gasteiger partial charge in [-0.25, -0.2) is 0 Å². The first kappa shape index (κ1) is 8.58. The molecule has 0 aliphatic carbocycles. The van der Waals surface area contributed by atoms with E-state index in [0.717, 1.165) is 9.13 Å². The molecule has 0 amide bonds. The van der Waals surface area contributed by atoms with Crippen molar-refractivity contribution in [1.29, 1.82) is 0 Å². The molecule has 0 saturated heterocycles. The van der Waals surface area contributed by atoms with Crippen LogP contribution in [0.2, 0.25) is 0 Å². The number of hydrogen-bond acceptors (Lipinski definition) is 1. The van der Waals surface area contributed by atoms with Crippen LogP contribution in [0.1, 0.15) is 5.56 Å². The van der Waals surface area contributed by atoms with Crippen molar-refractivity contribution in [2.75, 3.05) is 0 Å². The molecule has 1 N–H and O–H groups in total. The first-order chi connectivity index (χ1) is 4.61. The van der Waals surface area contributed by atoms with E-state index in [2.05, 4.69) is 45.2 Å². The molecule has 0 aromatic heterocycles. The maximum Gasteiger partial charge on any atom is 0.129 e. The highest BCUT2D eigenvalue weighted by atomic mass is 127. The van der Waals surface area contributed by atoms with Gasteiger partial charge < -0.3 is 5.11 Å². The molecular formula is C7H6I2O. The molecule has 10 heavy (non-hydrogen) atoms. The van der Waals surface area contributed by atoms with E-state index in [1.807, 2.05) is 13.0 Å². The van der Waals surface area contributed by atoms with Crippen molar-refractivity contribution in [3.8, 4) is 5.75 Å². The van der Waals surface area contributed by atoms with Crippen molar-refractivity contribution in [3.05, 3.63) is 24.8 Å². The predicted molar refractivity (Wildman–Crippen MR) is 58.3 cm³/mol. The second-order valence-corrected chi connectivity index (χ2v) is 4.38. The molecule has 0 aliphatic heterocycles. The molecule has 0 spiro atoms. The van der Waals surface area contributed by atoms with Crippen LogP contribution in [0.25, 0.3) is 0 Å². The Morgan fingerprint density at radius 2 is 1.80 bits per heavy atom. The number of aryl methyl sites for hydroxylation is 1. The summed E-state index contributed by atoms with van der Waals surface area (Å²) in [5, 5.41) is 9.21. The number of benzene rings is 1. The van der Waals surface area contributed by atoms with Crippen LogP contribution >= 0.6 is 45.2 Å². The van der Waals surface area contributed by atoms with Crippen LogP contribution in [0.5, 0.6) is 5.75 Å². The molecule has 0 unspecified atom stereocenters. The Balaban J connectivity index is 3.28. The van der Waals surface area contributed by atoms with Gasteiger partial charge in [-0.1, -0.05) is 0 Å². The lowest BCUT2D eigenvalue weighted by Crippen LogP contribution is -1.81. The van der Waals surface area contributed by atoms with Crippen LogP contribution in [0.3, 0.4) is 0 Å². The van der Waals surface area contributed by atoms with Gasteiger partial charge in [0.2, 0.25) is 0 Å².